The van der Waals surface area contributed by atoms with E-state index in [1.54, 1.807) is 0 Å². The Balaban J connectivity index is 5.01. The summed E-state index contributed by atoms with van der Waals surface area (Å²) in [7, 11) is 1.22. The van der Waals surface area contributed by atoms with Crippen LogP contribution >= 0.6 is 24.4 Å². The second-order valence-corrected chi connectivity index (χ2v) is 3.22. The maximum Gasteiger partial charge on any atom is 0.325 e. The molecule has 0 aromatic carbocycles. The van der Waals surface area contributed by atoms with Crippen molar-refractivity contribution in [2.75, 3.05) is 7.11 Å². The summed E-state index contributed by atoms with van der Waals surface area (Å²) in [5.41, 5.74) is 9.29. The number of carbonyl (C=O) groups is 1. The van der Waals surface area contributed by atoms with E-state index in [4.69, 9.17) is 11.5 Å². The van der Waals surface area contributed by atoms with Crippen LogP contribution in [0.1, 0.15) is 6.92 Å². The molecule has 0 aromatic rings. The Morgan fingerprint density at radius 3 is 1.75 bits per heavy atom. The van der Waals surface area contributed by atoms with Crippen LogP contribution in [0, 0.1) is 5.41 Å². The van der Waals surface area contributed by atoms with Gasteiger partial charge in [-0.3, -0.25) is 4.79 Å². The topological polar surface area (TPSA) is 78.3 Å². The lowest BCUT2D eigenvalue weighted by atomic mass is 9.91. The highest BCUT2D eigenvalue weighted by molar-refractivity contribution is 7.82. The van der Waals surface area contributed by atoms with Crippen molar-refractivity contribution in [2.45, 2.75) is 6.92 Å². The van der Waals surface area contributed by atoms with Crippen LogP contribution in [0.3, 0.4) is 0 Å². The maximum absolute atomic E-state index is 11.2. The standard InChI is InChI=1S/C6H10N2O2S2/c1-6(3(7)11,4(8)12)5(9)10-2/h1-2H3,(H2,7,11)(H2,8,12). The number of nitrogens with two attached hydrogens (primary N) is 2. The summed E-state index contributed by atoms with van der Waals surface area (Å²) in [6.07, 6.45) is 0. The molecule has 68 valence electrons. The predicted molar refractivity (Wildman–Crippen MR) is 53.7 cm³/mol. The van der Waals surface area contributed by atoms with Crippen LogP contribution in [0.2, 0.25) is 0 Å². The average Bonchev–Trinajstić information content (AvgIpc) is 2.00. The Kier molecular flexibility index (Phi) is 3.54. The third-order valence-corrected chi connectivity index (χ3v) is 2.40. The summed E-state index contributed by atoms with van der Waals surface area (Å²) in [4.78, 5) is 11.0. The van der Waals surface area contributed by atoms with Crippen molar-refractivity contribution in [3.63, 3.8) is 0 Å². The summed E-state index contributed by atoms with van der Waals surface area (Å²) >= 11 is 9.32. The molecule has 4 nitrogen and oxygen atoms in total. The van der Waals surface area contributed by atoms with E-state index in [2.05, 4.69) is 29.2 Å². The first-order valence-electron chi connectivity index (χ1n) is 3.05. The fourth-order valence-electron chi connectivity index (χ4n) is 0.527. The smallest absolute Gasteiger partial charge is 0.325 e. The van der Waals surface area contributed by atoms with Crippen molar-refractivity contribution >= 4 is 40.4 Å². The number of ether oxygens (including phenoxy) is 1. The van der Waals surface area contributed by atoms with Gasteiger partial charge in [-0.15, -0.1) is 0 Å². The Hall–Kier alpha value is -0.750. The molecular formula is C6H10N2O2S2. The summed E-state index contributed by atoms with van der Waals surface area (Å²) in [5.74, 6) is -0.637. The molecule has 0 aromatic heterocycles. The van der Waals surface area contributed by atoms with Gasteiger partial charge in [0.2, 0.25) is 0 Å². The predicted octanol–water partition coefficient (Wildman–Crippen LogP) is -0.262. The number of rotatable bonds is 3. The molecule has 0 spiro atoms. The zero-order valence-corrected chi connectivity index (χ0v) is 8.42. The normalized spacial score (nSPS) is 10.5. The first-order chi connectivity index (χ1) is 5.37. The summed E-state index contributed by atoms with van der Waals surface area (Å²) in [6, 6.07) is 0. The third-order valence-electron chi connectivity index (χ3n) is 1.58. The SMILES string of the molecule is COC(=O)C(C)(C(N)=S)C(N)=S. The molecule has 0 amide bonds. The minimum Gasteiger partial charge on any atom is -0.468 e. The summed E-state index contributed by atoms with van der Waals surface area (Å²) in [5, 5.41) is 0. The van der Waals surface area contributed by atoms with E-state index in [1.165, 1.54) is 14.0 Å². The van der Waals surface area contributed by atoms with E-state index in [0.29, 0.717) is 0 Å². The van der Waals surface area contributed by atoms with Gasteiger partial charge in [-0.1, -0.05) is 24.4 Å². The molecule has 0 atom stereocenters. The largest absolute Gasteiger partial charge is 0.468 e. The number of methoxy groups -OCH3 is 1. The van der Waals surface area contributed by atoms with Crippen molar-refractivity contribution in [3.8, 4) is 0 Å². The molecular weight excluding hydrogens is 196 g/mol. The van der Waals surface area contributed by atoms with Gasteiger partial charge >= 0.3 is 5.97 Å². The van der Waals surface area contributed by atoms with Crippen LogP contribution in [0.5, 0.6) is 0 Å². The van der Waals surface area contributed by atoms with Crippen molar-refractivity contribution < 1.29 is 9.53 Å². The highest BCUT2D eigenvalue weighted by Gasteiger charge is 2.40. The van der Waals surface area contributed by atoms with Gasteiger partial charge in [-0.05, 0) is 6.92 Å². The van der Waals surface area contributed by atoms with Crippen LogP contribution in [0.25, 0.3) is 0 Å². The van der Waals surface area contributed by atoms with Crippen LogP contribution in [-0.2, 0) is 9.53 Å². The summed E-state index contributed by atoms with van der Waals surface area (Å²) in [6.45, 7) is 1.43. The lowest BCUT2D eigenvalue weighted by Gasteiger charge is -2.23. The number of hydrogen-bond donors (Lipinski definition) is 2. The lowest BCUT2D eigenvalue weighted by Crippen LogP contribution is -2.49. The molecule has 0 bridgehead atoms. The fourth-order valence-corrected chi connectivity index (χ4v) is 0.978. The monoisotopic (exact) mass is 206 g/mol. The first kappa shape index (κ1) is 11.2. The van der Waals surface area contributed by atoms with Crippen LogP contribution in [0.4, 0.5) is 0 Å². The molecule has 0 aliphatic carbocycles. The Morgan fingerprint density at radius 2 is 1.67 bits per heavy atom. The van der Waals surface area contributed by atoms with Crippen molar-refractivity contribution in [1.82, 2.24) is 0 Å². The van der Waals surface area contributed by atoms with Crippen molar-refractivity contribution in [3.05, 3.63) is 0 Å². The van der Waals surface area contributed by atoms with Crippen LogP contribution in [0.15, 0.2) is 0 Å². The molecule has 0 heterocycles. The molecule has 0 radical (unpaired) electrons. The van der Waals surface area contributed by atoms with Crippen molar-refractivity contribution in [1.29, 1.82) is 0 Å². The molecule has 0 aliphatic heterocycles. The van der Waals surface area contributed by atoms with E-state index in [0.717, 1.165) is 0 Å². The van der Waals surface area contributed by atoms with E-state index in [1.807, 2.05) is 0 Å². The highest BCUT2D eigenvalue weighted by Crippen LogP contribution is 2.19. The number of hydrogen-bond acceptors (Lipinski definition) is 4. The second-order valence-electron chi connectivity index (χ2n) is 2.35. The maximum atomic E-state index is 11.2. The molecule has 12 heavy (non-hydrogen) atoms. The van der Waals surface area contributed by atoms with Gasteiger partial charge < -0.3 is 16.2 Å². The molecule has 0 unspecified atom stereocenters. The minimum absolute atomic E-state index is 0.0816. The molecule has 0 saturated heterocycles. The Morgan fingerprint density at radius 1 is 1.33 bits per heavy atom. The minimum atomic E-state index is -1.33. The van der Waals surface area contributed by atoms with Crippen LogP contribution < -0.4 is 11.5 Å². The molecule has 4 N–H and O–H groups in total. The number of thiocarbonyl (C=S) groups is 2. The zero-order chi connectivity index (χ0) is 9.94. The molecule has 0 aliphatic rings. The fraction of sp³-hybridized carbons (Fsp3) is 0.500. The van der Waals surface area contributed by atoms with Gasteiger partial charge in [0, 0.05) is 0 Å². The van der Waals surface area contributed by atoms with Gasteiger partial charge in [0.1, 0.15) is 0 Å². The molecule has 6 heteroatoms. The third kappa shape index (κ3) is 1.70. The molecule has 0 saturated carbocycles. The zero-order valence-electron chi connectivity index (χ0n) is 6.79. The van der Waals surface area contributed by atoms with Gasteiger partial charge in [-0.2, -0.15) is 0 Å². The van der Waals surface area contributed by atoms with Gasteiger partial charge in [0.05, 0.1) is 17.1 Å². The van der Waals surface area contributed by atoms with E-state index >= 15 is 0 Å². The molecule has 0 fully saturated rings. The lowest BCUT2D eigenvalue weighted by molar-refractivity contribution is -0.144. The Bertz CT molecular complexity index is 226. The quantitative estimate of drug-likeness (QED) is 0.489. The number of carbonyl (C=O) groups excluding carboxylic acids is 1. The van der Waals surface area contributed by atoms with Gasteiger partial charge in [-0.25, -0.2) is 0 Å². The average molecular weight is 206 g/mol. The number of esters is 1. The highest BCUT2D eigenvalue weighted by atomic mass is 32.1. The van der Waals surface area contributed by atoms with E-state index in [9.17, 15) is 4.79 Å². The molecule has 0 rings (SSSR count). The van der Waals surface area contributed by atoms with Crippen molar-refractivity contribution in [2.24, 2.45) is 16.9 Å². The summed E-state index contributed by atoms with van der Waals surface area (Å²) < 4.78 is 4.46. The van der Waals surface area contributed by atoms with Crippen LogP contribution in [-0.4, -0.2) is 23.1 Å². The first-order valence-corrected chi connectivity index (χ1v) is 3.87. The van der Waals surface area contributed by atoms with Gasteiger partial charge in [0.25, 0.3) is 0 Å². The van der Waals surface area contributed by atoms with Gasteiger partial charge in [0.15, 0.2) is 5.41 Å². The second kappa shape index (κ2) is 3.77. The van der Waals surface area contributed by atoms with E-state index in [-0.39, 0.29) is 9.98 Å². The Labute approximate surface area is 81.2 Å². The van der Waals surface area contributed by atoms with E-state index < -0.39 is 11.4 Å².